The number of unbranched alkanes of at least 4 members (excludes halogenated alkanes) is 4. The number of fused-ring (bicyclic) bond motifs is 3. The molecule has 14 nitrogen and oxygen atoms in total. The van der Waals surface area contributed by atoms with Crippen LogP contribution in [0.3, 0.4) is 0 Å². The van der Waals surface area contributed by atoms with Crippen LogP contribution in [-0.2, 0) is 29.9 Å². The average Bonchev–Trinajstić information content (AvgIpc) is 4.05. The van der Waals surface area contributed by atoms with Crippen LogP contribution in [0.25, 0.3) is 10.9 Å². The molecule has 0 fully saturated rings. The summed E-state index contributed by atoms with van der Waals surface area (Å²) in [7, 11) is 5.00. The van der Waals surface area contributed by atoms with Crippen molar-refractivity contribution in [3.63, 3.8) is 0 Å². The van der Waals surface area contributed by atoms with Gasteiger partial charge in [0.2, 0.25) is 5.69 Å². The van der Waals surface area contributed by atoms with Crippen molar-refractivity contribution in [1.82, 2.24) is 9.97 Å². The molecule has 0 radical (unpaired) electrons. The number of nitrogens with zero attached hydrogens (tertiary/aromatic N) is 4. The van der Waals surface area contributed by atoms with Crippen LogP contribution >= 0.6 is 11.6 Å². The molecule has 3 aliphatic rings. The number of aliphatic carboxylic acids is 1. The zero-order valence-electron chi connectivity index (χ0n) is 47.7. The predicted molar refractivity (Wildman–Crippen MR) is 317 cm³/mol. The number of anilines is 3. The number of esters is 1. The minimum Gasteiger partial charge on any atom is -1.00 e. The monoisotopic (exact) mass is 1180 g/mol. The van der Waals surface area contributed by atoms with Gasteiger partial charge in [0.15, 0.2) is 17.2 Å². The van der Waals surface area contributed by atoms with Crippen molar-refractivity contribution < 1.29 is 64.7 Å². The molecule has 0 atom stereocenters. The number of carbonyl (C=O) groups is 2. The van der Waals surface area contributed by atoms with Gasteiger partial charge in [-0.05, 0) is 136 Å². The van der Waals surface area contributed by atoms with E-state index >= 15 is 0 Å². The summed E-state index contributed by atoms with van der Waals surface area (Å²) >= 11 is 7.38. The molecule has 16 heteroatoms. The maximum absolute atomic E-state index is 13.1. The maximum Gasteiger partial charge on any atom is 0.305 e. The van der Waals surface area contributed by atoms with Crippen molar-refractivity contribution in [3.8, 4) is 35.3 Å². The molecule has 81 heavy (non-hydrogen) atoms. The van der Waals surface area contributed by atoms with Gasteiger partial charge in [0.25, 0.3) is 0 Å². The molecule has 5 aromatic rings. The summed E-state index contributed by atoms with van der Waals surface area (Å²) in [6.07, 6.45) is 23.9. The topological polar surface area (TPSA) is 154 Å². The van der Waals surface area contributed by atoms with Crippen LogP contribution in [0.15, 0.2) is 125 Å². The Kier molecular flexibility index (Phi) is 21.7. The van der Waals surface area contributed by atoms with Crippen LogP contribution < -0.4 is 46.1 Å². The van der Waals surface area contributed by atoms with Gasteiger partial charge in [-0.2, -0.15) is 4.58 Å². The van der Waals surface area contributed by atoms with Crippen molar-refractivity contribution >= 4 is 63.0 Å². The summed E-state index contributed by atoms with van der Waals surface area (Å²) in [4.78, 5) is 35.6. The van der Waals surface area contributed by atoms with E-state index in [0.717, 1.165) is 108 Å². The third-order valence-electron chi connectivity index (χ3n) is 15.2. The third kappa shape index (κ3) is 14.9. The lowest BCUT2D eigenvalue weighted by atomic mass is 9.81. The molecule has 0 saturated heterocycles. The van der Waals surface area contributed by atoms with Crippen molar-refractivity contribution in [2.75, 3.05) is 71.1 Å². The molecule has 0 amide bonds. The van der Waals surface area contributed by atoms with Gasteiger partial charge in [0, 0.05) is 95.2 Å². The number of aromatic nitrogens is 2. The minimum absolute atomic E-state index is 0. The van der Waals surface area contributed by atoms with E-state index in [0.29, 0.717) is 54.3 Å². The van der Waals surface area contributed by atoms with Crippen LogP contribution in [0, 0.1) is 12.3 Å². The standard InChI is InChI=1S/C65H74ClN5O9.BrH/c1-9-44-18-16-21-47(38-44)69-63-50-41-56(57(78-35-34-75-6)42-53(50)67-43-68-63)79-36-37-80-61(74)23-13-11-15-33-71-55-29-27-49(77-8)40-52(55)65(4,5)59(71)31-25-46-20-17-19-45(62(46)66)24-30-58-64(2,3)51-39-48(76-7)26-28-54(51)70(58)32-14-10-12-22-60(72)73;/h1,16,18,21,24-31,38-43H,10-15,17,19-20,22-23,32-37H2,2-8H3,(H-,67,68,69,72,73);1H. The Hall–Kier alpha value is -7.12. The van der Waals surface area contributed by atoms with Crippen molar-refractivity contribution in [1.29, 1.82) is 0 Å². The first kappa shape index (κ1) is 61.5. The molecule has 1 aromatic heterocycles. The minimum atomic E-state index is -0.757. The SMILES string of the molecule is C#Cc1cccc(Nc2ncnc3cc(OCCOC)c(OCCOC(=O)CCCCCN4/C(=C/C=C5\CCCC(/C=C/C6=[N+](CCCCCC(=O)O)c7ccc(OC)cc7C6(C)C)=C5Cl)C(C)(C)c5cc(OC)ccc54)cc23)c1.[Br-]. The van der Waals surface area contributed by atoms with E-state index in [9.17, 15) is 14.7 Å². The summed E-state index contributed by atoms with van der Waals surface area (Å²) in [6, 6.07) is 23.7. The molecular formula is C65H75BrClN5O9. The lowest BCUT2D eigenvalue weighted by molar-refractivity contribution is -0.438. The number of terminal acetylenes is 1. The zero-order valence-corrected chi connectivity index (χ0v) is 50.0. The summed E-state index contributed by atoms with van der Waals surface area (Å²) in [6.45, 7) is 11.4. The molecule has 3 heterocycles. The normalized spacial score (nSPS) is 16.1. The van der Waals surface area contributed by atoms with Crippen molar-refractivity contribution in [2.45, 2.75) is 109 Å². The van der Waals surface area contributed by atoms with Gasteiger partial charge >= 0.3 is 11.9 Å². The second-order valence-corrected chi connectivity index (χ2v) is 21.7. The highest BCUT2D eigenvalue weighted by molar-refractivity contribution is 6.32. The van der Waals surface area contributed by atoms with E-state index in [1.165, 1.54) is 28.9 Å². The number of halogens is 2. The van der Waals surface area contributed by atoms with Gasteiger partial charge in [0.1, 0.15) is 50.0 Å². The highest BCUT2D eigenvalue weighted by atomic mass is 79.9. The fourth-order valence-corrected chi connectivity index (χ4v) is 11.2. The first-order valence-electron chi connectivity index (χ1n) is 27.7. The quantitative estimate of drug-likeness (QED) is 0.0222. The molecule has 2 N–H and O–H groups in total. The summed E-state index contributed by atoms with van der Waals surface area (Å²) in [5.74, 6) is 4.75. The van der Waals surface area contributed by atoms with Gasteiger partial charge in [-0.1, -0.05) is 56.0 Å². The van der Waals surface area contributed by atoms with Crippen molar-refractivity contribution in [3.05, 3.63) is 142 Å². The number of hydrogen-bond donors (Lipinski definition) is 2. The van der Waals surface area contributed by atoms with Crippen molar-refractivity contribution in [2.24, 2.45) is 0 Å². The second-order valence-electron chi connectivity index (χ2n) is 21.3. The Balaban J connectivity index is 0.00000946. The van der Waals surface area contributed by atoms with Crippen LogP contribution in [-0.4, -0.2) is 98.1 Å². The lowest BCUT2D eigenvalue weighted by Crippen LogP contribution is -3.00. The van der Waals surface area contributed by atoms with Gasteiger partial charge < -0.3 is 60.7 Å². The van der Waals surface area contributed by atoms with Crippen LogP contribution in [0.2, 0.25) is 0 Å². The number of allylic oxidation sites excluding steroid dienone is 8. The molecule has 4 aromatic carbocycles. The highest BCUT2D eigenvalue weighted by Crippen LogP contribution is 2.50. The molecule has 8 rings (SSSR count). The Morgan fingerprint density at radius 3 is 2.28 bits per heavy atom. The molecule has 1 aliphatic carbocycles. The smallest absolute Gasteiger partial charge is 0.305 e. The average molecular weight is 1190 g/mol. The second kappa shape index (κ2) is 28.5. The number of carboxylic acid groups (broad SMARTS) is 1. The van der Waals surface area contributed by atoms with Gasteiger partial charge in [-0.3, -0.25) is 9.59 Å². The fraction of sp³-hybridized carbons (Fsp3) is 0.400. The summed E-state index contributed by atoms with van der Waals surface area (Å²) in [5, 5.41) is 14.0. The molecular weight excluding hydrogens is 1110 g/mol. The predicted octanol–water partition coefficient (Wildman–Crippen LogP) is 10.4. The number of rotatable bonds is 27. The van der Waals surface area contributed by atoms with Crippen LogP contribution in [0.5, 0.6) is 23.0 Å². The van der Waals surface area contributed by atoms with E-state index in [4.69, 9.17) is 46.4 Å². The number of carboxylic acids is 1. The molecule has 0 unspecified atom stereocenters. The first-order chi connectivity index (χ1) is 38.7. The number of hydrogen-bond acceptors (Lipinski definition) is 12. The molecule has 428 valence electrons. The zero-order chi connectivity index (χ0) is 56.8. The van der Waals surface area contributed by atoms with E-state index in [1.54, 1.807) is 27.4 Å². The Labute approximate surface area is 492 Å². The van der Waals surface area contributed by atoms with Crippen LogP contribution in [0.4, 0.5) is 22.9 Å². The Morgan fingerprint density at radius 1 is 0.802 bits per heavy atom. The van der Waals surface area contributed by atoms with E-state index in [1.807, 2.05) is 42.5 Å². The fourth-order valence-electron chi connectivity index (χ4n) is 10.9. The van der Waals surface area contributed by atoms with Gasteiger partial charge in [0.05, 0.1) is 31.8 Å². The first-order valence-corrected chi connectivity index (χ1v) is 28.1. The molecule has 2 aliphatic heterocycles. The van der Waals surface area contributed by atoms with E-state index < -0.39 is 5.97 Å². The number of methoxy groups -OCH3 is 3. The highest BCUT2D eigenvalue weighted by Gasteiger charge is 2.45. The molecule has 0 spiro atoms. The number of benzene rings is 4. The van der Waals surface area contributed by atoms with Gasteiger partial charge in [-0.15, -0.1) is 6.42 Å². The van der Waals surface area contributed by atoms with Gasteiger partial charge in [-0.25, -0.2) is 9.97 Å². The van der Waals surface area contributed by atoms with Crippen LogP contribution in [0.1, 0.15) is 115 Å². The summed E-state index contributed by atoms with van der Waals surface area (Å²) in [5.41, 5.74) is 10.8. The molecule has 0 saturated carbocycles. The largest absolute Gasteiger partial charge is 1.00 e. The number of nitrogens with one attached hydrogen (secondary N) is 1. The Bertz CT molecular complexity index is 3280. The Morgan fingerprint density at radius 2 is 1.53 bits per heavy atom. The van der Waals surface area contributed by atoms with E-state index in [-0.39, 0.29) is 59.8 Å². The summed E-state index contributed by atoms with van der Waals surface area (Å²) < 4.78 is 36.8. The number of carbonyl (C=O) groups excluding carboxylic acids is 1. The maximum atomic E-state index is 13.1. The third-order valence-corrected chi connectivity index (χ3v) is 15.7. The van der Waals surface area contributed by atoms with E-state index in [2.05, 4.69) is 107 Å². The molecule has 0 bridgehead atoms. The number of ether oxygens (including phenoxy) is 6. The lowest BCUT2D eigenvalue weighted by Gasteiger charge is -2.27.